The maximum atomic E-state index is 12.3. The van der Waals surface area contributed by atoms with Crippen LogP contribution in [0, 0.1) is 0 Å². The number of carbonyl (C=O) groups is 1. The summed E-state index contributed by atoms with van der Waals surface area (Å²) in [5.41, 5.74) is 0.802. The van der Waals surface area contributed by atoms with E-state index in [1.165, 1.54) is 19.3 Å². The molecule has 0 aromatic heterocycles. The fourth-order valence-corrected chi connectivity index (χ4v) is 2.64. The number of hydrogen-bond acceptors (Lipinski definition) is 3. The number of nitrogens with one attached hydrogen (secondary N) is 1. The number of nitrogens with zero attached hydrogens (tertiary/aromatic N) is 2. The van der Waals surface area contributed by atoms with E-state index in [1.807, 2.05) is 29.2 Å². The Labute approximate surface area is 133 Å². The number of rotatable bonds is 6. The molecule has 0 bridgehead atoms. The van der Waals surface area contributed by atoms with Crippen LogP contribution in [0.15, 0.2) is 24.3 Å². The summed E-state index contributed by atoms with van der Waals surface area (Å²) in [6.07, 6.45) is 3.80. The molecule has 1 aromatic rings. The van der Waals surface area contributed by atoms with Crippen LogP contribution < -0.4 is 10.1 Å². The first-order valence-electron chi connectivity index (χ1n) is 8.15. The highest BCUT2D eigenvalue weighted by atomic mass is 16.5. The average Bonchev–Trinajstić information content (AvgIpc) is 2.56. The van der Waals surface area contributed by atoms with Crippen molar-refractivity contribution in [1.29, 1.82) is 0 Å². The number of amides is 2. The second-order valence-corrected chi connectivity index (χ2v) is 5.69. The van der Waals surface area contributed by atoms with Crippen LogP contribution in [0.1, 0.15) is 26.2 Å². The Morgan fingerprint density at radius 3 is 2.41 bits per heavy atom. The molecule has 122 valence electrons. The summed E-state index contributed by atoms with van der Waals surface area (Å²) in [6.45, 7) is 6.92. The first-order chi connectivity index (χ1) is 10.7. The molecule has 1 N–H and O–H groups in total. The van der Waals surface area contributed by atoms with Crippen molar-refractivity contribution in [2.75, 3.05) is 45.2 Å². The highest BCUT2D eigenvalue weighted by Gasteiger charge is 2.20. The highest BCUT2D eigenvalue weighted by Crippen LogP contribution is 2.16. The van der Waals surface area contributed by atoms with Crippen molar-refractivity contribution in [3.63, 3.8) is 0 Å². The van der Waals surface area contributed by atoms with E-state index in [2.05, 4.69) is 17.1 Å². The van der Waals surface area contributed by atoms with E-state index in [4.69, 9.17) is 4.74 Å². The minimum Gasteiger partial charge on any atom is -0.497 e. The molecule has 0 spiro atoms. The summed E-state index contributed by atoms with van der Waals surface area (Å²) in [4.78, 5) is 16.6. The van der Waals surface area contributed by atoms with Gasteiger partial charge >= 0.3 is 6.03 Å². The molecule has 0 unspecified atom stereocenters. The van der Waals surface area contributed by atoms with E-state index in [-0.39, 0.29) is 6.03 Å². The van der Waals surface area contributed by atoms with Crippen LogP contribution in [-0.4, -0.2) is 55.7 Å². The zero-order chi connectivity index (χ0) is 15.8. The van der Waals surface area contributed by atoms with Crippen LogP contribution in [-0.2, 0) is 0 Å². The largest absolute Gasteiger partial charge is 0.497 e. The zero-order valence-electron chi connectivity index (χ0n) is 13.7. The number of benzene rings is 1. The van der Waals surface area contributed by atoms with Crippen LogP contribution in [0.2, 0.25) is 0 Å². The van der Waals surface area contributed by atoms with Gasteiger partial charge in [-0.25, -0.2) is 4.79 Å². The number of piperazine rings is 1. The van der Waals surface area contributed by atoms with Gasteiger partial charge in [-0.1, -0.05) is 19.8 Å². The molecule has 5 nitrogen and oxygen atoms in total. The molecule has 1 saturated heterocycles. The third-order valence-electron chi connectivity index (χ3n) is 4.08. The molecule has 0 atom stereocenters. The van der Waals surface area contributed by atoms with Crippen LogP contribution >= 0.6 is 0 Å². The normalized spacial score (nSPS) is 15.6. The first-order valence-corrected chi connectivity index (χ1v) is 8.15. The van der Waals surface area contributed by atoms with Crippen molar-refractivity contribution < 1.29 is 9.53 Å². The Morgan fingerprint density at radius 2 is 1.82 bits per heavy atom. The molecule has 1 fully saturated rings. The van der Waals surface area contributed by atoms with Crippen molar-refractivity contribution >= 4 is 11.7 Å². The van der Waals surface area contributed by atoms with Crippen LogP contribution in [0.25, 0.3) is 0 Å². The lowest BCUT2D eigenvalue weighted by atomic mass is 10.2. The van der Waals surface area contributed by atoms with E-state index in [1.54, 1.807) is 7.11 Å². The molecule has 2 amide bonds. The molecular weight excluding hydrogens is 278 g/mol. The molecule has 22 heavy (non-hydrogen) atoms. The van der Waals surface area contributed by atoms with Crippen molar-refractivity contribution in [1.82, 2.24) is 9.80 Å². The van der Waals surface area contributed by atoms with Crippen molar-refractivity contribution in [3.05, 3.63) is 24.3 Å². The van der Waals surface area contributed by atoms with Gasteiger partial charge in [-0.05, 0) is 37.2 Å². The molecule has 0 aliphatic carbocycles. The highest BCUT2D eigenvalue weighted by molar-refractivity contribution is 5.89. The van der Waals surface area contributed by atoms with Gasteiger partial charge in [-0.2, -0.15) is 0 Å². The van der Waals surface area contributed by atoms with E-state index < -0.39 is 0 Å². The van der Waals surface area contributed by atoms with Gasteiger partial charge < -0.3 is 15.0 Å². The van der Waals surface area contributed by atoms with Crippen molar-refractivity contribution in [2.45, 2.75) is 26.2 Å². The molecule has 1 aromatic carbocycles. The molecule has 1 aliphatic heterocycles. The predicted octanol–water partition coefficient (Wildman–Crippen LogP) is 3.03. The van der Waals surface area contributed by atoms with E-state index in [0.29, 0.717) is 0 Å². The van der Waals surface area contributed by atoms with Gasteiger partial charge in [0.05, 0.1) is 7.11 Å². The summed E-state index contributed by atoms with van der Waals surface area (Å²) in [7, 11) is 1.63. The van der Waals surface area contributed by atoms with Gasteiger partial charge in [-0.3, -0.25) is 4.90 Å². The molecule has 1 aliphatic rings. The Morgan fingerprint density at radius 1 is 1.14 bits per heavy atom. The predicted molar refractivity (Wildman–Crippen MR) is 89.6 cm³/mol. The topological polar surface area (TPSA) is 44.8 Å². The van der Waals surface area contributed by atoms with E-state index in [0.717, 1.165) is 44.2 Å². The molecule has 2 rings (SSSR count). The van der Waals surface area contributed by atoms with Crippen LogP contribution in [0.5, 0.6) is 5.75 Å². The summed E-state index contributed by atoms with van der Waals surface area (Å²) in [5.74, 6) is 0.790. The third kappa shape index (κ3) is 4.91. The van der Waals surface area contributed by atoms with Gasteiger partial charge in [0, 0.05) is 31.9 Å². The maximum absolute atomic E-state index is 12.3. The number of methoxy groups -OCH3 is 1. The number of carbonyl (C=O) groups excluding carboxylic acids is 1. The Balaban J connectivity index is 1.74. The van der Waals surface area contributed by atoms with Crippen LogP contribution in [0.4, 0.5) is 10.5 Å². The lowest BCUT2D eigenvalue weighted by Gasteiger charge is -2.34. The Bertz CT molecular complexity index is 453. The standard InChI is InChI=1S/C17H27N3O2/c1-3-4-5-10-19-11-13-20(14-12-19)17(21)18-15-6-8-16(22-2)9-7-15/h6-9H,3-5,10-14H2,1-2H3,(H,18,21). The second-order valence-electron chi connectivity index (χ2n) is 5.69. The number of hydrogen-bond donors (Lipinski definition) is 1. The maximum Gasteiger partial charge on any atom is 0.321 e. The molecule has 1 heterocycles. The summed E-state index contributed by atoms with van der Waals surface area (Å²) < 4.78 is 5.11. The third-order valence-corrected chi connectivity index (χ3v) is 4.08. The molecule has 0 radical (unpaired) electrons. The lowest BCUT2D eigenvalue weighted by Crippen LogP contribution is -2.50. The van der Waals surface area contributed by atoms with Gasteiger partial charge in [0.1, 0.15) is 5.75 Å². The van der Waals surface area contributed by atoms with Gasteiger partial charge in [0.15, 0.2) is 0 Å². The van der Waals surface area contributed by atoms with Crippen LogP contribution in [0.3, 0.4) is 0 Å². The Hall–Kier alpha value is -1.75. The number of urea groups is 1. The zero-order valence-corrected chi connectivity index (χ0v) is 13.7. The summed E-state index contributed by atoms with van der Waals surface area (Å²) in [5, 5.41) is 2.94. The number of ether oxygens (including phenoxy) is 1. The average molecular weight is 305 g/mol. The first kappa shape index (κ1) is 16.6. The Kier molecular flexibility index (Phi) is 6.52. The fourth-order valence-electron chi connectivity index (χ4n) is 2.64. The minimum atomic E-state index is -0.0154. The van der Waals surface area contributed by atoms with Crippen molar-refractivity contribution in [3.8, 4) is 5.75 Å². The minimum absolute atomic E-state index is 0.0154. The van der Waals surface area contributed by atoms with Gasteiger partial charge in [0.25, 0.3) is 0 Å². The monoisotopic (exact) mass is 305 g/mol. The molecular formula is C17H27N3O2. The number of anilines is 1. The summed E-state index contributed by atoms with van der Waals surface area (Å²) >= 11 is 0. The number of unbranched alkanes of at least 4 members (excludes halogenated alkanes) is 2. The second kappa shape index (κ2) is 8.63. The fraction of sp³-hybridized carbons (Fsp3) is 0.588. The van der Waals surface area contributed by atoms with Gasteiger partial charge in [0.2, 0.25) is 0 Å². The quantitative estimate of drug-likeness (QED) is 0.822. The SMILES string of the molecule is CCCCCN1CCN(C(=O)Nc2ccc(OC)cc2)CC1. The smallest absolute Gasteiger partial charge is 0.321 e. The summed E-state index contributed by atoms with van der Waals surface area (Å²) in [6, 6.07) is 7.40. The van der Waals surface area contributed by atoms with Crippen molar-refractivity contribution in [2.24, 2.45) is 0 Å². The molecule has 5 heteroatoms. The lowest BCUT2D eigenvalue weighted by molar-refractivity contribution is 0.146. The van der Waals surface area contributed by atoms with E-state index >= 15 is 0 Å². The molecule has 0 saturated carbocycles. The van der Waals surface area contributed by atoms with E-state index in [9.17, 15) is 4.79 Å². The van der Waals surface area contributed by atoms with Gasteiger partial charge in [-0.15, -0.1) is 0 Å².